The number of ether oxygens (including phenoxy) is 1. The molecule has 0 bridgehead atoms. The van der Waals surface area contributed by atoms with E-state index in [9.17, 15) is 4.79 Å². The van der Waals surface area contributed by atoms with E-state index in [2.05, 4.69) is 19.4 Å². The number of hydrogen-bond acceptors (Lipinski definition) is 2. The molecule has 23 heavy (non-hydrogen) atoms. The highest BCUT2D eigenvalue weighted by molar-refractivity contribution is 6.30. The third kappa shape index (κ3) is 5.93. The lowest BCUT2D eigenvalue weighted by Gasteiger charge is -2.21. The Kier molecular flexibility index (Phi) is 6.44. The van der Waals surface area contributed by atoms with Gasteiger partial charge in [0.05, 0.1) is 14.1 Å². The maximum absolute atomic E-state index is 12.2. The van der Waals surface area contributed by atoms with Crippen molar-refractivity contribution >= 4 is 17.5 Å². The Labute approximate surface area is 142 Å². The van der Waals surface area contributed by atoms with Gasteiger partial charge in [0.2, 0.25) is 0 Å². The zero-order chi connectivity index (χ0) is 16.7. The van der Waals surface area contributed by atoms with Crippen molar-refractivity contribution < 1.29 is 14.4 Å². The van der Waals surface area contributed by atoms with E-state index in [1.807, 2.05) is 30.3 Å². The van der Waals surface area contributed by atoms with Crippen LogP contribution in [0.2, 0.25) is 5.02 Å². The normalized spacial score (nSPS) is 12.0. The summed E-state index contributed by atoms with van der Waals surface area (Å²) < 4.78 is 5.49. The molecule has 0 aliphatic rings. The topological polar surface area (TPSA) is 42.8 Å². The van der Waals surface area contributed by atoms with Gasteiger partial charge in [0.15, 0.2) is 6.61 Å². The number of carbonyl (C=O) groups is 1. The SMILES string of the molecule is C[NH+](C)C[C@@H](NC(=O)COc1ccc(Cl)cc1)c1ccccc1. The summed E-state index contributed by atoms with van der Waals surface area (Å²) in [6.45, 7) is 0.782. The summed E-state index contributed by atoms with van der Waals surface area (Å²) in [5, 5.41) is 3.67. The van der Waals surface area contributed by atoms with Crippen molar-refractivity contribution in [3.63, 3.8) is 0 Å². The predicted octanol–water partition coefficient (Wildman–Crippen LogP) is 1.72. The molecule has 2 rings (SSSR count). The monoisotopic (exact) mass is 333 g/mol. The van der Waals surface area contributed by atoms with Gasteiger partial charge in [-0.1, -0.05) is 41.9 Å². The van der Waals surface area contributed by atoms with Crippen molar-refractivity contribution in [2.24, 2.45) is 0 Å². The predicted molar refractivity (Wildman–Crippen MR) is 92.0 cm³/mol. The first kappa shape index (κ1) is 17.3. The fourth-order valence-electron chi connectivity index (χ4n) is 2.26. The molecule has 0 aliphatic heterocycles. The minimum absolute atomic E-state index is 0.0201. The van der Waals surface area contributed by atoms with Crippen LogP contribution in [0.3, 0.4) is 0 Å². The first-order chi connectivity index (χ1) is 11.0. The van der Waals surface area contributed by atoms with Crippen LogP contribution in [0.25, 0.3) is 0 Å². The summed E-state index contributed by atoms with van der Waals surface area (Å²) in [4.78, 5) is 13.4. The Morgan fingerprint density at radius 3 is 2.39 bits per heavy atom. The van der Waals surface area contributed by atoms with Gasteiger partial charge in [0.25, 0.3) is 5.91 Å². The van der Waals surface area contributed by atoms with Gasteiger partial charge in [-0.15, -0.1) is 0 Å². The van der Waals surface area contributed by atoms with Crippen molar-refractivity contribution in [2.45, 2.75) is 6.04 Å². The highest BCUT2D eigenvalue weighted by atomic mass is 35.5. The van der Waals surface area contributed by atoms with Crippen molar-refractivity contribution in [1.82, 2.24) is 5.32 Å². The first-order valence-electron chi connectivity index (χ1n) is 7.56. The van der Waals surface area contributed by atoms with E-state index in [4.69, 9.17) is 16.3 Å². The number of hydrogen-bond donors (Lipinski definition) is 2. The van der Waals surface area contributed by atoms with Gasteiger partial charge in [-0.05, 0) is 29.8 Å². The molecule has 2 aromatic carbocycles. The van der Waals surface area contributed by atoms with E-state index in [1.54, 1.807) is 24.3 Å². The molecule has 0 spiro atoms. The van der Waals surface area contributed by atoms with Crippen LogP contribution >= 0.6 is 11.6 Å². The number of nitrogens with one attached hydrogen (secondary N) is 2. The second-order valence-electron chi connectivity index (χ2n) is 5.68. The zero-order valence-electron chi connectivity index (χ0n) is 13.4. The van der Waals surface area contributed by atoms with Crippen LogP contribution in [-0.4, -0.2) is 33.2 Å². The first-order valence-corrected chi connectivity index (χ1v) is 7.94. The molecule has 4 nitrogen and oxygen atoms in total. The maximum Gasteiger partial charge on any atom is 0.258 e. The average Bonchev–Trinajstić information content (AvgIpc) is 2.54. The molecule has 2 aromatic rings. The van der Waals surface area contributed by atoms with Crippen molar-refractivity contribution in [3.05, 3.63) is 65.2 Å². The number of carbonyl (C=O) groups excluding carboxylic acids is 1. The highest BCUT2D eigenvalue weighted by Crippen LogP contribution is 2.15. The number of amides is 1. The Balaban J connectivity index is 1.93. The Bertz CT molecular complexity index is 615. The molecule has 0 aromatic heterocycles. The third-order valence-electron chi connectivity index (χ3n) is 3.33. The minimum Gasteiger partial charge on any atom is -0.484 e. The largest absolute Gasteiger partial charge is 0.484 e. The molecule has 5 heteroatoms. The number of rotatable bonds is 7. The summed E-state index contributed by atoms with van der Waals surface area (Å²) in [6.07, 6.45) is 0. The number of likely N-dealkylation sites (N-methyl/N-ethyl adjacent to an activating group) is 1. The Morgan fingerprint density at radius 2 is 1.78 bits per heavy atom. The van der Waals surface area contributed by atoms with Gasteiger partial charge < -0.3 is 15.0 Å². The molecule has 1 amide bonds. The van der Waals surface area contributed by atoms with Gasteiger partial charge >= 0.3 is 0 Å². The quantitative estimate of drug-likeness (QED) is 0.810. The van der Waals surface area contributed by atoms with Crippen LogP contribution < -0.4 is 15.0 Å². The molecule has 2 N–H and O–H groups in total. The average molecular weight is 334 g/mol. The third-order valence-corrected chi connectivity index (χ3v) is 3.59. The van der Waals surface area contributed by atoms with Gasteiger partial charge in [-0.25, -0.2) is 0 Å². The number of benzene rings is 2. The van der Waals surface area contributed by atoms with E-state index < -0.39 is 0 Å². The second kappa shape index (κ2) is 8.56. The van der Waals surface area contributed by atoms with Crippen LogP contribution in [-0.2, 0) is 4.79 Å². The molecule has 0 unspecified atom stereocenters. The lowest BCUT2D eigenvalue weighted by Crippen LogP contribution is -3.06. The fourth-order valence-corrected chi connectivity index (χ4v) is 2.39. The summed E-state index contributed by atoms with van der Waals surface area (Å²) in [5.74, 6) is 0.481. The van der Waals surface area contributed by atoms with Gasteiger partial charge in [0, 0.05) is 5.02 Å². The Hall–Kier alpha value is -2.04. The van der Waals surface area contributed by atoms with Gasteiger partial charge in [-0.2, -0.15) is 0 Å². The van der Waals surface area contributed by atoms with E-state index in [0.29, 0.717) is 10.8 Å². The van der Waals surface area contributed by atoms with Crippen molar-refractivity contribution in [3.8, 4) is 5.75 Å². The summed E-state index contributed by atoms with van der Waals surface area (Å²) >= 11 is 5.82. The molecular weight excluding hydrogens is 312 g/mol. The van der Waals surface area contributed by atoms with Crippen molar-refractivity contribution in [2.75, 3.05) is 27.2 Å². The molecule has 0 saturated heterocycles. The second-order valence-corrected chi connectivity index (χ2v) is 6.12. The van der Waals surface area contributed by atoms with Crippen LogP contribution in [0.5, 0.6) is 5.75 Å². The van der Waals surface area contributed by atoms with E-state index in [0.717, 1.165) is 12.1 Å². The Morgan fingerprint density at radius 1 is 1.13 bits per heavy atom. The molecular formula is C18H22ClN2O2+. The van der Waals surface area contributed by atoms with Crippen molar-refractivity contribution in [1.29, 1.82) is 0 Å². The zero-order valence-corrected chi connectivity index (χ0v) is 14.1. The molecule has 0 radical (unpaired) electrons. The van der Waals surface area contributed by atoms with Crippen LogP contribution in [0.1, 0.15) is 11.6 Å². The fraction of sp³-hybridized carbons (Fsp3) is 0.278. The summed E-state index contributed by atoms with van der Waals surface area (Å²) in [6, 6.07) is 16.9. The molecule has 0 aliphatic carbocycles. The van der Waals surface area contributed by atoms with Crippen LogP contribution in [0.15, 0.2) is 54.6 Å². The van der Waals surface area contributed by atoms with E-state index in [1.165, 1.54) is 4.90 Å². The smallest absolute Gasteiger partial charge is 0.258 e. The number of halogens is 1. The van der Waals surface area contributed by atoms with E-state index in [-0.39, 0.29) is 18.6 Å². The van der Waals surface area contributed by atoms with Gasteiger partial charge in [0.1, 0.15) is 18.3 Å². The summed E-state index contributed by atoms with van der Waals surface area (Å²) in [7, 11) is 4.12. The van der Waals surface area contributed by atoms with Crippen LogP contribution in [0.4, 0.5) is 0 Å². The van der Waals surface area contributed by atoms with E-state index >= 15 is 0 Å². The molecule has 0 saturated carbocycles. The molecule has 0 fully saturated rings. The summed E-state index contributed by atoms with van der Waals surface area (Å²) in [5.41, 5.74) is 1.09. The number of quaternary nitrogens is 1. The lowest BCUT2D eigenvalue weighted by molar-refractivity contribution is -0.860. The molecule has 0 heterocycles. The molecule has 1 atom stereocenters. The van der Waals surface area contributed by atoms with Crippen LogP contribution in [0, 0.1) is 0 Å². The maximum atomic E-state index is 12.2. The lowest BCUT2D eigenvalue weighted by atomic mass is 10.1. The highest BCUT2D eigenvalue weighted by Gasteiger charge is 2.17. The standard InChI is InChI=1S/C18H21ClN2O2/c1-21(2)12-17(14-6-4-3-5-7-14)20-18(22)13-23-16-10-8-15(19)9-11-16/h3-11,17H,12-13H2,1-2H3,(H,20,22)/p+1/t17-/m1/s1. The molecule has 122 valence electrons. The van der Waals surface area contributed by atoms with Gasteiger partial charge in [-0.3, -0.25) is 4.79 Å². The minimum atomic E-state index is -0.143.